The third-order valence-corrected chi connectivity index (χ3v) is 2.45. The molecule has 2 N–H and O–H groups in total. The Morgan fingerprint density at radius 2 is 1.72 bits per heavy atom. The van der Waals surface area contributed by atoms with Gasteiger partial charge in [-0.2, -0.15) is 0 Å². The summed E-state index contributed by atoms with van der Waals surface area (Å²) in [5.74, 6) is 0. The Balaban J connectivity index is 0. The highest BCUT2D eigenvalue weighted by Gasteiger charge is 2.11. The minimum absolute atomic E-state index is 0.151. The van der Waals surface area contributed by atoms with Gasteiger partial charge in [0.05, 0.1) is 6.61 Å². The zero-order chi connectivity index (χ0) is 14.3. The fourth-order valence-electron chi connectivity index (χ4n) is 1.01. The maximum Gasteiger partial charge on any atom is 0.469 e. The molecule has 0 saturated carbocycles. The average Bonchev–Trinajstić information content (AvgIpc) is 2.30. The van der Waals surface area contributed by atoms with Gasteiger partial charge in [-0.15, -0.1) is 0 Å². The molecule has 0 unspecified atom stereocenters. The number of hydrogen-bond donors (Lipinski definition) is 2. The first-order chi connectivity index (χ1) is 8.47. The Labute approximate surface area is 108 Å². The van der Waals surface area contributed by atoms with Gasteiger partial charge < -0.3 is 9.79 Å². The Morgan fingerprint density at radius 1 is 1.17 bits per heavy atom. The summed E-state index contributed by atoms with van der Waals surface area (Å²) in [6.07, 6.45) is 6.05. The molecule has 0 aromatic heterocycles. The molecule has 0 fully saturated rings. The molecule has 0 aliphatic carbocycles. The van der Waals surface area contributed by atoms with E-state index >= 15 is 0 Å². The highest BCUT2D eigenvalue weighted by molar-refractivity contribution is 7.46. The summed E-state index contributed by atoms with van der Waals surface area (Å²) in [5, 5.41) is 3.39. The molecule has 0 aromatic carbocycles. The lowest BCUT2D eigenvalue weighted by atomic mass is 10.3. The monoisotopic (exact) mass is 281 g/mol. The SMILES string of the molecule is CCCCCN=[N+]=[N-].CCCCCOP(=O)(O)O. The predicted molar refractivity (Wildman–Crippen MR) is 71.1 cm³/mol. The van der Waals surface area contributed by atoms with Crippen molar-refractivity contribution in [1.82, 2.24) is 0 Å². The van der Waals surface area contributed by atoms with Crippen molar-refractivity contribution in [2.24, 2.45) is 5.11 Å². The normalized spacial score (nSPS) is 10.2. The first-order valence-corrected chi connectivity index (χ1v) is 7.71. The number of nitrogens with zero attached hydrogens (tertiary/aromatic N) is 3. The molecular formula is C10H24N3O4P. The van der Waals surface area contributed by atoms with Gasteiger partial charge in [-0.05, 0) is 18.4 Å². The molecule has 0 aliphatic heterocycles. The highest BCUT2D eigenvalue weighted by atomic mass is 31.2. The molecule has 0 aliphatic rings. The molecule has 0 rings (SSSR count). The van der Waals surface area contributed by atoms with E-state index in [9.17, 15) is 4.57 Å². The predicted octanol–water partition coefficient (Wildman–Crippen LogP) is 3.77. The van der Waals surface area contributed by atoms with Crippen LogP contribution in [0.15, 0.2) is 5.11 Å². The quantitative estimate of drug-likeness (QED) is 0.220. The molecule has 7 nitrogen and oxygen atoms in total. The maximum atomic E-state index is 10.1. The Bertz CT molecular complexity index is 264. The van der Waals surface area contributed by atoms with Crippen molar-refractivity contribution < 1.29 is 18.9 Å². The second-order valence-electron chi connectivity index (χ2n) is 3.69. The van der Waals surface area contributed by atoms with Crippen molar-refractivity contribution in [3.63, 3.8) is 0 Å². The summed E-state index contributed by atoms with van der Waals surface area (Å²) in [6.45, 7) is 4.94. The highest BCUT2D eigenvalue weighted by Crippen LogP contribution is 2.35. The molecule has 18 heavy (non-hydrogen) atoms. The number of phosphoric acid groups is 1. The summed E-state index contributed by atoms with van der Waals surface area (Å²) in [7, 11) is -4.21. The molecule has 0 bridgehead atoms. The number of rotatable bonds is 9. The van der Waals surface area contributed by atoms with E-state index in [-0.39, 0.29) is 6.61 Å². The Kier molecular flexibility index (Phi) is 15.9. The van der Waals surface area contributed by atoms with Gasteiger partial charge in [0.1, 0.15) is 0 Å². The summed E-state index contributed by atoms with van der Waals surface area (Å²) in [6, 6.07) is 0. The summed E-state index contributed by atoms with van der Waals surface area (Å²) in [4.78, 5) is 19.0. The van der Waals surface area contributed by atoms with Crippen molar-refractivity contribution in [2.75, 3.05) is 13.2 Å². The van der Waals surface area contributed by atoms with Crippen LogP contribution in [0, 0.1) is 0 Å². The largest absolute Gasteiger partial charge is 0.469 e. The van der Waals surface area contributed by atoms with E-state index in [1.165, 1.54) is 12.8 Å². The van der Waals surface area contributed by atoms with Gasteiger partial charge in [-0.3, -0.25) is 4.52 Å². The van der Waals surface area contributed by atoms with Gasteiger partial charge in [-0.1, -0.05) is 44.6 Å². The number of hydrogen-bond acceptors (Lipinski definition) is 3. The lowest BCUT2D eigenvalue weighted by Crippen LogP contribution is -1.91. The van der Waals surface area contributed by atoms with Crippen LogP contribution < -0.4 is 0 Å². The van der Waals surface area contributed by atoms with Gasteiger partial charge in [0.2, 0.25) is 0 Å². The average molecular weight is 281 g/mol. The zero-order valence-electron chi connectivity index (χ0n) is 11.2. The second-order valence-corrected chi connectivity index (χ2v) is 4.93. The van der Waals surface area contributed by atoms with Crippen LogP contribution >= 0.6 is 7.82 Å². The van der Waals surface area contributed by atoms with Gasteiger partial charge in [0, 0.05) is 11.5 Å². The Morgan fingerprint density at radius 3 is 2.17 bits per heavy atom. The number of azide groups is 1. The Hall–Kier alpha value is -0.580. The van der Waals surface area contributed by atoms with Crippen LogP contribution in [0.1, 0.15) is 52.4 Å². The molecular weight excluding hydrogens is 257 g/mol. The molecule has 0 aromatic rings. The molecule has 0 heterocycles. The molecule has 0 radical (unpaired) electrons. The number of phosphoric ester groups is 1. The van der Waals surface area contributed by atoms with Gasteiger partial charge >= 0.3 is 7.82 Å². The lowest BCUT2D eigenvalue weighted by Gasteiger charge is -2.02. The molecule has 0 spiro atoms. The van der Waals surface area contributed by atoms with Crippen LogP contribution in [0.4, 0.5) is 0 Å². The third kappa shape index (κ3) is 24.6. The van der Waals surface area contributed by atoms with Crippen LogP contribution in [0.5, 0.6) is 0 Å². The standard InChI is InChI=1S/C5H11N3.C5H13O4P/c1-2-3-4-5-7-8-6;1-2-3-4-5-9-10(6,7)8/h2-5H2,1H3;2-5H2,1H3,(H2,6,7,8). The van der Waals surface area contributed by atoms with E-state index in [0.717, 1.165) is 19.3 Å². The van der Waals surface area contributed by atoms with Crippen molar-refractivity contribution in [2.45, 2.75) is 52.4 Å². The van der Waals surface area contributed by atoms with E-state index in [0.29, 0.717) is 13.0 Å². The first-order valence-electron chi connectivity index (χ1n) is 6.18. The number of unbranched alkanes of at least 4 members (excludes halogenated alkanes) is 4. The van der Waals surface area contributed by atoms with Crippen molar-refractivity contribution in [3.8, 4) is 0 Å². The molecule has 0 amide bonds. The van der Waals surface area contributed by atoms with E-state index in [2.05, 4.69) is 21.5 Å². The van der Waals surface area contributed by atoms with Gasteiger partial charge in [0.25, 0.3) is 0 Å². The van der Waals surface area contributed by atoms with Crippen molar-refractivity contribution in [1.29, 1.82) is 0 Å². The summed E-state index contributed by atoms with van der Waals surface area (Å²) >= 11 is 0. The minimum atomic E-state index is -4.21. The topological polar surface area (TPSA) is 116 Å². The first kappa shape index (κ1) is 19.8. The van der Waals surface area contributed by atoms with E-state index < -0.39 is 7.82 Å². The molecule has 8 heteroatoms. The van der Waals surface area contributed by atoms with Crippen LogP contribution in [-0.4, -0.2) is 22.9 Å². The molecule has 0 atom stereocenters. The smallest absolute Gasteiger partial charge is 0.303 e. The van der Waals surface area contributed by atoms with Gasteiger partial charge in [-0.25, -0.2) is 4.57 Å². The van der Waals surface area contributed by atoms with Crippen molar-refractivity contribution >= 4 is 7.82 Å². The van der Waals surface area contributed by atoms with E-state index in [1.807, 2.05) is 6.92 Å². The fourth-order valence-corrected chi connectivity index (χ4v) is 1.38. The minimum Gasteiger partial charge on any atom is -0.303 e. The van der Waals surface area contributed by atoms with Crippen LogP contribution in [0.2, 0.25) is 0 Å². The summed E-state index contributed by atoms with van der Waals surface area (Å²) in [5.41, 5.74) is 7.82. The molecule has 0 saturated heterocycles. The molecule has 108 valence electrons. The fraction of sp³-hybridized carbons (Fsp3) is 1.00. The zero-order valence-corrected chi connectivity index (χ0v) is 12.1. The third-order valence-electron chi connectivity index (χ3n) is 1.93. The van der Waals surface area contributed by atoms with Crippen LogP contribution in [-0.2, 0) is 9.09 Å². The van der Waals surface area contributed by atoms with E-state index in [4.69, 9.17) is 15.3 Å². The summed E-state index contributed by atoms with van der Waals surface area (Å²) < 4.78 is 14.3. The van der Waals surface area contributed by atoms with E-state index in [1.54, 1.807) is 0 Å². The lowest BCUT2D eigenvalue weighted by molar-refractivity contribution is 0.193. The van der Waals surface area contributed by atoms with Crippen molar-refractivity contribution in [3.05, 3.63) is 10.4 Å². The maximum absolute atomic E-state index is 10.1. The van der Waals surface area contributed by atoms with Gasteiger partial charge in [0.15, 0.2) is 0 Å². The van der Waals surface area contributed by atoms with Crippen LogP contribution in [0.3, 0.4) is 0 Å². The van der Waals surface area contributed by atoms with Crippen LogP contribution in [0.25, 0.3) is 10.4 Å². The second kappa shape index (κ2) is 14.5.